The molecular formula is C15H13ClN4O4S. The maximum absolute atomic E-state index is 13.1. The van der Waals surface area contributed by atoms with E-state index >= 15 is 0 Å². The Labute approximate surface area is 152 Å². The molecule has 0 unspecified atom stereocenters. The summed E-state index contributed by atoms with van der Waals surface area (Å²) in [5.74, 6) is -2.05. The van der Waals surface area contributed by atoms with Crippen molar-refractivity contribution >= 4 is 57.8 Å². The van der Waals surface area contributed by atoms with Gasteiger partial charge in [-0.2, -0.15) is 5.01 Å². The Morgan fingerprint density at radius 1 is 1.20 bits per heavy atom. The van der Waals surface area contributed by atoms with Crippen LogP contribution in [-0.2, 0) is 24.0 Å². The van der Waals surface area contributed by atoms with Crippen molar-refractivity contribution in [3.8, 4) is 0 Å². The number of carbonyl (C=O) groups excluding carboxylic acids is 4. The summed E-state index contributed by atoms with van der Waals surface area (Å²) in [4.78, 5) is 48.1. The molecular weight excluding hydrogens is 368 g/mol. The second-order valence-electron chi connectivity index (χ2n) is 5.48. The first kappa shape index (κ1) is 17.4. The van der Waals surface area contributed by atoms with Crippen molar-refractivity contribution in [2.24, 2.45) is 5.10 Å². The van der Waals surface area contributed by atoms with Crippen LogP contribution >= 0.6 is 23.4 Å². The van der Waals surface area contributed by atoms with Crippen LogP contribution in [0, 0.1) is 0 Å². The van der Waals surface area contributed by atoms with Crippen molar-refractivity contribution in [1.82, 2.24) is 10.3 Å². The van der Waals surface area contributed by atoms with Crippen molar-refractivity contribution < 1.29 is 19.2 Å². The average Bonchev–Trinajstić information content (AvgIpc) is 2.98. The van der Waals surface area contributed by atoms with Gasteiger partial charge in [0.1, 0.15) is 0 Å². The van der Waals surface area contributed by atoms with Crippen molar-refractivity contribution in [3.05, 3.63) is 28.8 Å². The van der Waals surface area contributed by atoms with Gasteiger partial charge in [-0.1, -0.05) is 11.6 Å². The number of imide groups is 1. The summed E-state index contributed by atoms with van der Waals surface area (Å²) in [6.45, 7) is 3.79. The van der Waals surface area contributed by atoms with Gasteiger partial charge in [-0.05, 0) is 30.0 Å². The van der Waals surface area contributed by atoms with Gasteiger partial charge in [-0.3, -0.25) is 19.2 Å². The van der Waals surface area contributed by atoms with Gasteiger partial charge in [0.05, 0.1) is 5.69 Å². The number of rotatable bonds is 0. The number of halogens is 1. The minimum Gasteiger partial charge on any atom is -0.304 e. The van der Waals surface area contributed by atoms with Crippen LogP contribution in [0.15, 0.2) is 23.3 Å². The Kier molecular flexibility index (Phi) is 4.08. The molecule has 3 rings (SSSR count). The lowest BCUT2D eigenvalue weighted by Crippen LogP contribution is -2.49. The fourth-order valence-corrected chi connectivity index (χ4v) is 4.30. The minimum absolute atomic E-state index is 0.0902. The molecule has 130 valence electrons. The molecule has 1 N–H and O–H groups in total. The SMILES string of the molecule is CC(=O)NC1=NN(C(C)=O)[C@@]2(S1)C(=O)N(C(C)=O)c1ccc(Cl)cc12. The summed E-state index contributed by atoms with van der Waals surface area (Å²) in [5, 5.41) is 7.95. The van der Waals surface area contributed by atoms with E-state index in [1.54, 1.807) is 12.1 Å². The molecule has 0 fully saturated rings. The number of carbonyl (C=O) groups is 4. The van der Waals surface area contributed by atoms with Crippen molar-refractivity contribution in [2.75, 3.05) is 4.90 Å². The third-order valence-electron chi connectivity index (χ3n) is 3.69. The Bertz CT molecular complexity index is 871. The molecule has 8 nitrogen and oxygen atoms in total. The highest BCUT2D eigenvalue weighted by molar-refractivity contribution is 8.15. The molecule has 10 heteroatoms. The van der Waals surface area contributed by atoms with Crippen LogP contribution in [0.5, 0.6) is 0 Å². The van der Waals surface area contributed by atoms with E-state index in [-0.39, 0.29) is 5.17 Å². The number of benzene rings is 1. The lowest BCUT2D eigenvalue weighted by atomic mass is 10.1. The van der Waals surface area contributed by atoms with Gasteiger partial charge in [0.2, 0.25) is 22.6 Å². The number of amides is 4. The van der Waals surface area contributed by atoms with Crippen LogP contribution in [-0.4, -0.2) is 33.8 Å². The topological polar surface area (TPSA) is 99.2 Å². The zero-order valence-electron chi connectivity index (χ0n) is 13.5. The molecule has 2 aliphatic rings. The fraction of sp³-hybridized carbons (Fsp3) is 0.267. The first-order valence-electron chi connectivity index (χ1n) is 7.19. The molecule has 0 saturated heterocycles. The van der Waals surface area contributed by atoms with Gasteiger partial charge in [0.25, 0.3) is 5.91 Å². The number of fused-ring (bicyclic) bond motifs is 2. The maximum atomic E-state index is 13.1. The number of hydrogen-bond donors (Lipinski definition) is 1. The normalized spacial score (nSPS) is 21.4. The van der Waals surface area contributed by atoms with E-state index in [4.69, 9.17) is 11.6 Å². The Morgan fingerprint density at radius 3 is 2.44 bits per heavy atom. The van der Waals surface area contributed by atoms with E-state index in [0.717, 1.165) is 21.7 Å². The smallest absolute Gasteiger partial charge is 0.277 e. The molecule has 2 aliphatic heterocycles. The molecule has 1 spiro atoms. The average molecular weight is 381 g/mol. The van der Waals surface area contributed by atoms with E-state index in [0.29, 0.717) is 16.3 Å². The lowest BCUT2D eigenvalue weighted by molar-refractivity contribution is -0.140. The Morgan fingerprint density at radius 2 is 1.88 bits per heavy atom. The number of anilines is 1. The van der Waals surface area contributed by atoms with E-state index in [1.807, 2.05) is 0 Å². The van der Waals surface area contributed by atoms with Crippen LogP contribution < -0.4 is 10.2 Å². The number of thioether (sulfide) groups is 1. The molecule has 0 aromatic heterocycles. The summed E-state index contributed by atoms with van der Waals surface area (Å²) in [5.41, 5.74) is 0.699. The molecule has 0 saturated carbocycles. The largest absolute Gasteiger partial charge is 0.304 e. The van der Waals surface area contributed by atoms with Crippen molar-refractivity contribution in [2.45, 2.75) is 25.6 Å². The third kappa shape index (κ3) is 2.50. The highest BCUT2D eigenvalue weighted by Crippen LogP contribution is 2.54. The fourth-order valence-electron chi connectivity index (χ4n) is 2.82. The van der Waals surface area contributed by atoms with Gasteiger partial charge in [-0.25, -0.2) is 4.90 Å². The van der Waals surface area contributed by atoms with E-state index in [9.17, 15) is 19.2 Å². The summed E-state index contributed by atoms with van der Waals surface area (Å²) in [6, 6.07) is 4.61. The van der Waals surface area contributed by atoms with Gasteiger partial charge in [0.15, 0.2) is 5.17 Å². The van der Waals surface area contributed by atoms with Crippen molar-refractivity contribution in [1.29, 1.82) is 0 Å². The minimum atomic E-state index is -1.62. The first-order valence-corrected chi connectivity index (χ1v) is 8.39. The molecule has 0 radical (unpaired) electrons. The van der Waals surface area contributed by atoms with Crippen LogP contribution in [0.1, 0.15) is 26.3 Å². The van der Waals surface area contributed by atoms with Gasteiger partial charge >= 0.3 is 0 Å². The molecule has 4 amide bonds. The molecule has 0 aliphatic carbocycles. The monoisotopic (exact) mass is 380 g/mol. The second-order valence-corrected chi connectivity index (χ2v) is 7.10. The number of nitrogens with zero attached hydrogens (tertiary/aromatic N) is 3. The Balaban J connectivity index is 2.22. The van der Waals surface area contributed by atoms with E-state index in [2.05, 4.69) is 10.4 Å². The van der Waals surface area contributed by atoms with Crippen molar-refractivity contribution in [3.63, 3.8) is 0 Å². The molecule has 1 aromatic carbocycles. The maximum Gasteiger partial charge on any atom is 0.277 e. The Hall–Kier alpha value is -2.39. The van der Waals surface area contributed by atoms with Gasteiger partial charge in [-0.15, -0.1) is 5.10 Å². The number of hydrogen-bond acceptors (Lipinski definition) is 6. The zero-order chi connectivity index (χ0) is 18.5. The summed E-state index contributed by atoms with van der Waals surface area (Å²) < 4.78 is 0. The van der Waals surface area contributed by atoms with Crippen LogP contribution in [0.3, 0.4) is 0 Å². The van der Waals surface area contributed by atoms with E-state index < -0.39 is 28.5 Å². The predicted octanol–water partition coefficient (Wildman–Crippen LogP) is 1.39. The van der Waals surface area contributed by atoms with Gasteiger partial charge in [0, 0.05) is 31.4 Å². The molecule has 0 bridgehead atoms. The molecule has 2 heterocycles. The quantitative estimate of drug-likeness (QED) is 0.733. The predicted molar refractivity (Wildman–Crippen MR) is 92.7 cm³/mol. The summed E-state index contributed by atoms with van der Waals surface area (Å²) in [6.07, 6.45) is 0. The van der Waals surface area contributed by atoms with Crippen LogP contribution in [0.25, 0.3) is 0 Å². The third-order valence-corrected chi connectivity index (χ3v) is 5.16. The first-order chi connectivity index (χ1) is 11.7. The highest BCUT2D eigenvalue weighted by atomic mass is 35.5. The molecule has 25 heavy (non-hydrogen) atoms. The van der Waals surface area contributed by atoms with E-state index in [1.165, 1.54) is 26.8 Å². The molecule has 1 atom stereocenters. The number of nitrogens with one attached hydrogen (secondary N) is 1. The van der Waals surface area contributed by atoms with Crippen LogP contribution in [0.4, 0.5) is 5.69 Å². The second kappa shape index (κ2) is 5.85. The lowest BCUT2D eigenvalue weighted by Gasteiger charge is -2.29. The summed E-state index contributed by atoms with van der Waals surface area (Å²) in [7, 11) is 0. The highest BCUT2D eigenvalue weighted by Gasteiger charge is 2.62. The number of hydrazone groups is 1. The zero-order valence-corrected chi connectivity index (χ0v) is 15.1. The standard InChI is InChI=1S/C15H13ClN4O4S/c1-7(21)17-14-18-20(9(3)23)15(25-14)11-6-10(16)4-5-12(11)19(8(2)22)13(15)24/h4-6H,1-3H3,(H,17,18,21)/t15-/m0/s1. The summed E-state index contributed by atoms with van der Waals surface area (Å²) >= 11 is 6.96. The molecule has 1 aromatic rings. The van der Waals surface area contributed by atoms with Crippen LogP contribution in [0.2, 0.25) is 5.02 Å². The number of amidine groups is 1. The van der Waals surface area contributed by atoms with Gasteiger partial charge < -0.3 is 5.32 Å².